The van der Waals surface area contributed by atoms with Crippen LogP contribution in [0.5, 0.6) is 0 Å². The summed E-state index contributed by atoms with van der Waals surface area (Å²) in [4.78, 5) is 0. The van der Waals surface area contributed by atoms with Crippen molar-refractivity contribution in [3.8, 4) is 0 Å². The molecule has 0 amide bonds. The van der Waals surface area contributed by atoms with Gasteiger partial charge in [-0.25, -0.2) is 0 Å². The van der Waals surface area contributed by atoms with Gasteiger partial charge in [-0.3, -0.25) is 11.3 Å². The van der Waals surface area contributed by atoms with Crippen molar-refractivity contribution in [3.63, 3.8) is 0 Å². The van der Waals surface area contributed by atoms with E-state index in [9.17, 15) is 0 Å². The number of thiophene rings is 1. The molecule has 1 heterocycles. The van der Waals surface area contributed by atoms with E-state index in [0.29, 0.717) is 0 Å². The smallest absolute Gasteiger partial charge is 0.0501 e. The van der Waals surface area contributed by atoms with Crippen LogP contribution in [-0.2, 0) is 6.42 Å². The fraction of sp³-hybridized carbons (Fsp3) is 0.176. The number of nitrogens with two attached hydrogens (primary N) is 1. The SMILES string of the molecule is Cc1ccc(C(Cc2csc3ccccc23)NN)cc1Cl. The van der Waals surface area contributed by atoms with Crippen molar-refractivity contribution in [2.24, 2.45) is 5.84 Å². The van der Waals surface area contributed by atoms with Crippen LogP contribution in [-0.4, -0.2) is 0 Å². The van der Waals surface area contributed by atoms with E-state index < -0.39 is 0 Å². The number of hydrogen-bond donors (Lipinski definition) is 2. The lowest BCUT2D eigenvalue weighted by molar-refractivity contribution is 0.554. The van der Waals surface area contributed by atoms with Crippen molar-refractivity contribution in [3.05, 3.63) is 69.6 Å². The summed E-state index contributed by atoms with van der Waals surface area (Å²) in [6, 6.07) is 14.6. The fourth-order valence-corrected chi connectivity index (χ4v) is 3.67. The predicted octanol–water partition coefficient (Wildman–Crippen LogP) is 4.61. The second-order valence-corrected chi connectivity index (χ2v) is 6.51. The molecule has 0 radical (unpaired) electrons. The molecular weight excluding hydrogens is 300 g/mol. The highest BCUT2D eigenvalue weighted by molar-refractivity contribution is 7.17. The number of fused-ring (bicyclic) bond motifs is 1. The van der Waals surface area contributed by atoms with Gasteiger partial charge in [0.15, 0.2) is 0 Å². The lowest BCUT2D eigenvalue weighted by Gasteiger charge is -2.17. The van der Waals surface area contributed by atoms with E-state index in [-0.39, 0.29) is 6.04 Å². The van der Waals surface area contributed by atoms with Crippen LogP contribution in [0.3, 0.4) is 0 Å². The molecule has 4 heteroatoms. The number of rotatable bonds is 4. The topological polar surface area (TPSA) is 38.0 Å². The molecule has 2 nitrogen and oxygen atoms in total. The molecule has 3 aromatic rings. The number of hydrogen-bond acceptors (Lipinski definition) is 3. The summed E-state index contributed by atoms with van der Waals surface area (Å²) in [7, 11) is 0. The van der Waals surface area contributed by atoms with Gasteiger partial charge in [0.25, 0.3) is 0 Å². The number of benzene rings is 2. The molecule has 0 aliphatic carbocycles. The molecule has 0 aliphatic rings. The zero-order valence-corrected chi connectivity index (χ0v) is 13.3. The first-order valence-corrected chi connectivity index (χ1v) is 8.12. The lowest BCUT2D eigenvalue weighted by atomic mass is 9.98. The minimum absolute atomic E-state index is 0.0566. The van der Waals surface area contributed by atoms with Crippen LogP contribution >= 0.6 is 22.9 Å². The average Bonchev–Trinajstić information content (AvgIpc) is 2.91. The average molecular weight is 317 g/mol. The van der Waals surface area contributed by atoms with Crippen LogP contribution in [0.2, 0.25) is 5.02 Å². The molecule has 0 saturated heterocycles. The monoisotopic (exact) mass is 316 g/mol. The summed E-state index contributed by atoms with van der Waals surface area (Å²) in [6.45, 7) is 2.00. The minimum Gasteiger partial charge on any atom is -0.271 e. The Morgan fingerprint density at radius 2 is 2.05 bits per heavy atom. The predicted molar refractivity (Wildman–Crippen MR) is 91.8 cm³/mol. The molecule has 1 atom stereocenters. The van der Waals surface area contributed by atoms with Crippen molar-refractivity contribution in [1.82, 2.24) is 5.43 Å². The molecule has 3 N–H and O–H groups in total. The quantitative estimate of drug-likeness (QED) is 0.545. The van der Waals surface area contributed by atoms with Crippen molar-refractivity contribution >= 4 is 33.0 Å². The third-order valence-electron chi connectivity index (χ3n) is 3.78. The van der Waals surface area contributed by atoms with Gasteiger partial charge in [-0.05, 0) is 52.9 Å². The molecular formula is C17H17ClN2S. The maximum absolute atomic E-state index is 6.23. The zero-order valence-electron chi connectivity index (χ0n) is 11.8. The highest BCUT2D eigenvalue weighted by Gasteiger charge is 2.14. The van der Waals surface area contributed by atoms with Gasteiger partial charge >= 0.3 is 0 Å². The summed E-state index contributed by atoms with van der Waals surface area (Å²) in [5.41, 5.74) is 6.42. The third kappa shape index (κ3) is 2.97. The third-order valence-corrected chi connectivity index (χ3v) is 5.20. The van der Waals surface area contributed by atoms with Gasteiger partial charge in [0.1, 0.15) is 0 Å². The standard InChI is InChI=1S/C17H17ClN2S/c1-11-6-7-12(8-15(11)18)16(20-19)9-13-10-21-17-5-3-2-4-14(13)17/h2-8,10,16,20H,9,19H2,1H3. The molecule has 3 rings (SSSR count). The Hall–Kier alpha value is -1.39. The molecule has 21 heavy (non-hydrogen) atoms. The van der Waals surface area contributed by atoms with E-state index in [1.54, 1.807) is 11.3 Å². The van der Waals surface area contributed by atoms with Crippen LogP contribution in [0.1, 0.15) is 22.7 Å². The van der Waals surface area contributed by atoms with Crippen molar-refractivity contribution in [2.45, 2.75) is 19.4 Å². The Morgan fingerprint density at radius 1 is 1.24 bits per heavy atom. The van der Waals surface area contributed by atoms with E-state index in [1.165, 1.54) is 15.6 Å². The van der Waals surface area contributed by atoms with Crippen LogP contribution < -0.4 is 11.3 Å². The molecule has 0 saturated carbocycles. The number of hydrazine groups is 1. The van der Waals surface area contributed by atoms with Gasteiger partial charge in [-0.2, -0.15) is 0 Å². The number of halogens is 1. The molecule has 1 unspecified atom stereocenters. The first-order valence-electron chi connectivity index (χ1n) is 6.86. The van der Waals surface area contributed by atoms with E-state index in [1.807, 2.05) is 19.1 Å². The number of nitrogens with one attached hydrogen (secondary N) is 1. The second kappa shape index (κ2) is 6.16. The lowest BCUT2D eigenvalue weighted by Crippen LogP contribution is -2.29. The molecule has 0 spiro atoms. The summed E-state index contributed by atoms with van der Waals surface area (Å²) in [6.07, 6.45) is 0.847. The zero-order chi connectivity index (χ0) is 14.8. The Kier molecular flexibility index (Phi) is 4.27. The van der Waals surface area contributed by atoms with Crippen molar-refractivity contribution in [1.29, 1.82) is 0 Å². The maximum Gasteiger partial charge on any atom is 0.0501 e. The van der Waals surface area contributed by atoms with Gasteiger partial charge in [0, 0.05) is 9.72 Å². The van der Waals surface area contributed by atoms with Crippen LogP contribution in [0.25, 0.3) is 10.1 Å². The Balaban J connectivity index is 1.92. The first-order chi connectivity index (χ1) is 10.2. The second-order valence-electron chi connectivity index (χ2n) is 5.19. The van der Waals surface area contributed by atoms with Crippen molar-refractivity contribution in [2.75, 3.05) is 0 Å². The number of aryl methyl sites for hydroxylation is 1. The van der Waals surface area contributed by atoms with Gasteiger partial charge in [-0.15, -0.1) is 11.3 Å². The van der Waals surface area contributed by atoms with E-state index in [4.69, 9.17) is 17.4 Å². The van der Waals surface area contributed by atoms with E-state index in [0.717, 1.165) is 22.6 Å². The normalized spacial score (nSPS) is 12.7. The van der Waals surface area contributed by atoms with Gasteiger partial charge in [-0.1, -0.05) is 41.9 Å². The Bertz CT molecular complexity index is 766. The van der Waals surface area contributed by atoms with E-state index >= 15 is 0 Å². The fourth-order valence-electron chi connectivity index (χ4n) is 2.51. The summed E-state index contributed by atoms with van der Waals surface area (Å²) in [5.74, 6) is 5.76. The van der Waals surface area contributed by atoms with Crippen LogP contribution in [0.15, 0.2) is 47.8 Å². The molecule has 0 fully saturated rings. The Morgan fingerprint density at radius 3 is 2.81 bits per heavy atom. The molecule has 0 aliphatic heterocycles. The summed E-state index contributed by atoms with van der Waals surface area (Å²) >= 11 is 8.00. The van der Waals surface area contributed by atoms with E-state index in [2.05, 4.69) is 41.1 Å². The first kappa shape index (κ1) is 14.5. The highest BCUT2D eigenvalue weighted by Crippen LogP contribution is 2.30. The van der Waals surface area contributed by atoms with Crippen LogP contribution in [0.4, 0.5) is 0 Å². The largest absolute Gasteiger partial charge is 0.271 e. The molecule has 108 valence electrons. The molecule has 1 aromatic heterocycles. The Labute approximate surface area is 133 Å². The highest BCUT2D eigenvalue weighted by atomic mass is 35.5. The summed E-state index contributed by atoms with van der Waals surface area (Å²) < 4.78 is 1.31. The van der Waals surface area contributed by atoms with Crippen LogP contribution in [0, 0.1) is 6.92 Å². The minimum atomic E-state index is 0.0566. The summed E-state index contributed by atoms with van der Waals surface area (Å²) in [5, 5.41) is 4.30. The van der Waals surface area contributed by atoms with Gasteiger partial charge < -0.3 is 0 Å². The van der Waals surface area contributed by atoms with Gasteiger partial charge in [0.2, 0.25) is 0 Å². The molecule has 0 bridgehead atoms. The van der Waals surface area contributed by atoms with Gasteiger partial charge in [0.05, 0.1) is 6.04 Å². The molecule has 2 aromatic carbocycles. The van der Waals surface area contributed by atoms with Crippen molar-refractivity contribution < 1.29 is 0 Å². The maximum atomic E-state index is 6.23.